The minimum absolute atomic E-state index is 0.491. The van der Waals surface area contributed by atoms with Crippen LogP contribution in [-0.4, -0.2) is 22.9 Å². The van der Waals surface area contributed by atoms with Crippen molar-refractivity contribution in [2.45, 2.75) is 45.6 Å². The zero-order chi connectivity index (χ0) is 15.2. The van der Waals surface area contributed by atoms with Crippen LogP contribution in [0.5, 0.6) is 0 Å². The topological polar surface area (TPSA) is 29.9 Å². The first-order valence-corrected chi connectivity index (χ1v) is 7.87. The van der Waals surface area contributed by atoms with Crippen molar-refractivity contribution >= 4 is 0 Å². The highest BCUT2D eigenvalue weighted by atomic mass is 15.3. The van der Waals surface area contributed by atoms with Crippen LogP contribution in [0.25, 0.3) is 0 Å². The van der Waals surface area contributed by atoms with Crippen molar-refractivity contribution < 1.29 is 0 Å². The number of nitrogens with one attached hydrogen (secondary N) is 1. The zero-order valence-corrected chi connectivity index (χ0v) is 13.7. The lowest BCUT2D eigenvalue weighted by Gasteiger charge is -2.16. The zero-order valence-electron chi connectivity index (χ0n) is 13.7. The van der Waals surface area contributed by atoms with Crippen LogP contribution in [-0.2, 0) is 26.3 Å². The Morgan fingerprint density at radius 1 is 1.29 bits per heavy atom. The first kappa shape index (κ1) is 15.8. The summed E-state index contributed by atoms with van der Waals surface area (Å²) < 4.78 is 2.02. The van der Waals surface area contributed by atoms with Crippen molar-refractivity contribution in [1.82, 2.24) is 15.1 Å². The molecule has 1 atom stereocenters. The first-order chi connectivity index (χ1) is 10.1. The molecule has 3 heteroatoms. The summed E-state index contributed by atoms with van der Waals surface area (Å²) in [5.74, 6) is 0. The third-order valence-electron chi connectivity index (χ3n) is 4.12. The summed E-state index contributed by atoms with van der Waals surface area (Å²) in [6.45, 7) is 4.31. The standard InChI is InChI=1S/C18H27N3/c1-5-16-12-18(21(4)20-16)13-17(19-3)10-9-15-8-6-7-14(2)11-15/h6-8,11-12,17,19H,5,9-10,13H2,1-4H3. The van der Waals surface area contributed by atoms with Crippen LogP contribution < -0.4 is 5.32 Å². The minimum Gasteiger partial charge on any atom is -0.317 e. The van der Waals surface area contributed by atoms with Crippen molar-refractivity contribution in [3.05, 3.63) is 52.8 Å². The van der Waals surface area contributed by atoms with E-state index in [0.29, 0.717) is 6.04 Å². The molecule has 0 spiro atoms. The van der Waals surface area contributed by atoms with Crippen molar-refractivity contribution in [1.29, 1.82) is 0 Å². The van der Waals surface area contributed by atoms with Gasteiger partial charge in [0.2, 0.25) is 0 Å². The molecule has 0 aliphatic heterocycles. The fraction of sp³-hybridized carbons (Fsp3) is 0.500. The third-order valence-corrected chi connectivity index (χ3v) is 4.12. The molecule has 3 nitrogen and oxygen atoms in total. The molecule has 0 bridgehead atoms. The number of hydrogen-bond donors (Lipinski definition) is 1. The number of rotatable bonds is 7. The maximum atomic E-state index is 4.54. The summed E-state index contributed by atoms with van der Waals surface area (Å²) in [6.07, 6.45) is 4.30. The number of likely N-dealkylation sites (N-methyl/N-ethyl adjacent to an activating group) is 1. The molecule has 1 N–H and O–H groups in total. The van der Waals surface area contributed by atoms with Crippen LogP contribution in [0.15, 0.2) is 30.3 Å². The lowest BCUT2D eigenvalue weighted by molar-refractivity contribution is 0.503. The monoisotopic (exact) mass is 285 g/mol. The summed E-state index contributed by atoms with van der Waals surface area (Å²) in [5, 5.41) is 7.98. The van der Waals surface area contributed by atoms with Gasteiger partial charge in [-0.3, -0.25) is 4.68 Å². The predicted octanol–water partition coefficient (Wildman–Crippen LogP) is 3.05. The Morgan fingerprint density at radius 2 is 2.10 bits per heavy atom. The van der Waals surface area contributed by atoms with Gasteiger partial charge in [-0.15, -0.1) is 0 Å². The highest BCUT2D eigenvalue weighted by Gasteiger charge is 2.11. The maximum Gasteiger partial charge on any atom is 0.0624 e. The van der Waals surface area contributed by atoms with Gasteiger partial charge in [-0.1, -0.05) is 36.8 Å². The number of aryl methyl sites for hydroxylation is 4. The van der Waals surface area contributed by atoms with Crippen molar-refractivity contribution in [2.75, 3.05) is 7.05 Å². The Labute approximate surface area is 128 Å². The van der Waals surface area contributed by atoms with Crippen LogP contribution in [0, 0.1) is 6.92 Å². The van der Waals surface area contributed by atoms with Gasteiger partial charge in [-0.05, 0) is 44.9 Å². The summed E-state index contributed by atoms with van der Waals surface area (Å²) in [7, 11) is 4.10. The summed E-state index contributed by atoms with van der Waals surface area (Å²) in [4.78, 5) is 0. The molecule has 0 fully saturated rings. The van der Waals surface area contributed by atoms with E-state index in [4.69, 9.17) is 0 Å². The summed E-state index contributed by atoms with van der Waals surface area (Å²) in [5.41, 5.74) is 5.26. The molecule has 2 rings (SSSR count). The maximum absolute atomic E-state index is 4.54. The molecular weight excluding hydrogens is 258 g/mol. The number of aromatic nitrogens is 2. The molecule has 0 amide bonds. The van der Waals surface area contributed by atoms with E-state index in [2.05, 4.69) is 61.6 Å². The van der Waals surface area contributed by atoms with Crippen molar-refractivity contribution in [2.24, 2.45) is 7.05 Å². The molecule has 1 unspecified atom stereocenters. The second kappa shape index (κ2) is 7.41. The van der Waals surface area contributed by atoms with E-state index in [1.165, 1.54) is 22.5 Å². The smallest absolute Gasteiger partial charge is 0.0624 e. The Kier molecular flexibility index (Phi) is 5.57. The van der Waals surface area contributed by atoms with E-state index < -0.39 is 0 Å². The number of benzene rings is 1. The number of nitrogens with zero attached hydrogens (tertiary/aromatic N) is 2. The largest absolute Gasteiger partial charge is 0.317 e. The molecule has 1 heterocycles. The molecule has 114 valence electrons. The lowest BCUT2D eigenvalue weighted by atomic mass is 10.0. The number of hydrogen-bond acceptors (Lipinski definition) is 2. The fourth-order valence-corrected chi connectivity index (χ4v) is 2.74. The van der Waals surface area contributed by atoms with E-state index >= 15 is 0 Å². The van der Waals surface area contributed by atoms with Crippen LogP contribution >= 0.6 is 0 Å². The second-order valence-corrected chi connectivity index (χ2v) is 5.82. The lowest BCUT2D eigenvalue weighted by Crippen LogP contribution is -2.29. The van der Waals surface area contributed by atoms with Gasteiger partial charge in [0.25, 0.3) is 0 Å². The summed E-state index contributed by atoms with van der Waals surface area (Å²) in [6, 6.07) is 11.5. The molecule has 0 saturated heterocycles. The van der Waals surface area contributed by atoms with Gasteiger partial charge in [0, 0.05) is 25.2 Å². The van der Waals surface area contributed by atoms with E-state index in [-0.39, 0.29) is 0 Å². The fourth-order valence-electron chi connectivity index (χ4n) is 2.74. The van der Waals surface area contributed by atoms with Gasteiger partial charge < -0.3 is 5.32 Å². The minimum atomic E-state index is 0.491. The normalized spacial score (nSPS) is 12.6. The molecule has 1 aromatic heterocycles. The molecular formula is C18H27N3. The predicted molar refractivity (Wildman–Crippen MR) is 88.6 cm³/mol. The molecule has 0 radical (unpaired) electrons. The highest BCUT2D eigenvalue weighted by Crippen LogP contribution is 2.12. The summed E-state index contributed by atoms with van der Waals surface area (Å²) >= 11 is 0. The van der Waals surface area contributed by atoms with Gasteiger partial charge in [0.1, 0.15) is 0 Å². The Bertz CT molecular complexity index is 572. The molecule has 0 aliphatic rings. The average molecular weight is 285 g/mol. The SMILES string of the molecule is CCc1cc(CC(CCc2cccc(C)c2)NC)n(C)n1. The molecule has 0 aliphatic carbocycles. The Morgan fingerprint density at radius 3 is 2.71 bits per heavy atom. The highest BCUT2D eigenvalue weighted by molar-refractivity contribution is 5.22. The average Bonchev–Trinajstić information content (AvgIpc) is 2.84. The van der Waals surface area contributed by atoms with Crippen molar-refractivity contribution in [3.8, 4) is 0 Å². The molecule has 1 aromatic carbocycles. The molecule has 21 heavy (non-hydrogen) atoms. The Balaban J connectivity index is 1.95. The van der Waals surface area contributed by atoms with Gasteiger partial charge in [-0.2, -0.15) is 5.10 Å². The van der Waals surface area contributed by atoms with Crippen LogP contribution in [0.2, 0.25) is 0 Å². The van der Waals surface area contributed by atoms with E-state index in [0.717, 1.165) is 25.7 Å². The van der Waals surface area contributed by atoms with Gasteiger partial charge in [0.05, 0.1) is 5.69 Å². The molecule has 0 saturated carbocycles. The van der Waals surface area contributed by atoms with Crippen LogP contribution in [0.4, 0.5) is 0 Å². The van der Waals surface area contributed by atoms with E-state index in [1.54, 1.807) is 0 Å². The van der Waals surface area contributed by atoms with E-state index in [1.807, 2.05) is 11.7 Å². The third kappa shape index (κ3) is 4.43. The van der Waals surface area contributed by atoms with Crippen LogP contribution in [0.1, 0.15) is 35.9 Å². The van der Waals surface area contributed by atoms with Gasteiger partial charge in [0.15, 0.2) is 0 Å². The van der Waals surface area contributed by atoms with Gasteiger partial charge >= 0.3 is 0 Å². The quantitative estimate of drug-likeness (QED) is 0.847. The second-order valence-electron chi connectivity index (χ2n) is 5.82. The molecule has 2 aromatic rings. The first-order valence-electron chi connectivity index (χ1n) is 7.87. The van der Waals surface area contributed by atoms with Crippen molar-refractivity contribution in [3.63, 3.8) is 0 Å². The Hall–Kier alpha value is -1.61. The van der Waals surface area contributed by atoms with Gasteiger partial charge in [-0.25, -0.2) is 0 Å². The van der Waals surface area contributed by atoms with E-state index in [9.17, 15) is 0 Å². The van der Waals surface area contributed by atoms with Crippen LogP contribution in [0.3, 0.4) is 0 Å².